The lowest BCUT2D eigenvalue weighted by Crippen LogP contribution is -2.09. The van der Waals surface area contributed by atoms with Crippen LogP contribution in [0.15, 0.2) is 35.7 Å². The van der Waals surface area contributed by atoms with Crippen LogP contribution in [0.2, 0.25) is 10.0 Å². The number of thiophene rings is 1. The van der Waals surface area contributed by atoms with Crippen LogP contribution in [-0.2, 0) is 4.79 Å². The lowest BCUT2D eigenvalue weighted by molar-refractivity contribution is -0.111. The number of aromatic carboxylic acids is 1. The maximum Gasteiger partial charge on any atom is 0.348 e. The third-order valence-electron chi connectivity index (χ3n) is 2.43. The van der Waals surface area contributed by atoms with Gasteiger partial charge in [-0.1, -0.05) is 23.2 Å². The van der Waals surface area contributed by atoms with Crippen LogP contribution in [0.25, 0.3) is 6.08 Å². The van der Waals surface area contributed by atoms with Crippen molar-refractivity contribution in [1.29, 1.82) is 0 Å². The van der Waals surface area contributed by atoms with Gasteiger partial charge >= 0.3 is 5.97 Å². The third kappa shape index (κ3) is 4.32. The number of rotatable bonds is 4. The van der Waals surface area contributed by atoms with Crippen molar-refractivity contribution in [1.82, 2.24) is 0 Å². The van der Waals surface area contributed by atoms with Gasteiger partial charge in [-0.25, -0.2) is 4.79 Å². The van der Waals surface area contributed by atoms with Crippen LogP contribution >= 0.6 is 34.5 Å². The van der Waals surface area contributed by atoms with Crippen molar-refractivity contribution in [3.05, 3.63) is 56.2 Å². The summed E-state index contributed by atoms with van der Waals surface area (Å²) in [5, 5.41) is 14.0. The molecule has 1 amide bonds. The first kappa shape index (κ1) is 15.6. The van der Waals surface area contributed by atoms with Crippen LogP contribution in [0.3, 0.4) is 0 Å². The molecule has 0 bridgehead atoms. The fourth-order valence-corrected chi connectivity index (χ4v) is 2.82. The number of carboxylic acid groups (broad SMARTS) is 1. The summed E-state index contributed by atoms with van der Waals surface area (Å²) in [6.45, 7) is 0. The molecule has 2 N–H and O–H groups in total. The van der Waals surface area contributed by atoms with Gasteiger partial charge in [0, 0.05) is 16.1 Å². The van der Waals surface area contributed by atoms with Crippen molar-refractivity contribution in [2.45, 2.75) is 0 Å². The monoisotopic (exact) mass is 341 g/mol. The number of amides is 1. The summed E-state index contributed by atoms with van der Waals surface area (Å²) in [5.41, 5.74) is 0.942. The van der Waals surface area contributed by atoms with Crippen LogP contribution in [0, 0.1) is 0 Å². The molecule has 108 valence electrons. The molecule has 0 aliphatic rings. The van der Waals surface area contributed by atoms with Crippen molar-refractivity contribution >= 4 is 58.2 Å². The summed E-state index contributed by atoms with van der Waals surface area (Å²) < 4.78 is 0. The fraction of sp³-hybridized carbons (Fsp3) is 0. The molecule has 4 nitrogen and oxygen atoms in total. The second-order valence-corrected chi connectivity index (χ2v) is 5.78. The summed E-state index contributed by atoms with van der Waals surface area (Å²) in [7, 11) is 0. The van der Waals surface area contributed by atoms with Crippen molar-refractivity contribution in [3.8, 4) is 0 Å². The molecule has 7 heteroatoms. The van der Waals surface area contributed by atoms with Crippen LogP contribution in [0.4, 0.5) is 5.69 Å². The molecule has 1 heterocycles. The standard InChI is InChI=1S/C14H9Cl2NO3S/c15-9-5-8(6-10(16)7-9)1-2-12(18)17-11-3-4-21-13(11)14(19)20/h1-7H,(H,17,18)(H,19,20)/b2-1+. The number of hydrogen-bond donors (Lipinski definition) is 2. The first-order valence-corrected chi connectivity index (χ1v) is 7.35. The Labute approximate surface area is 134 Å². The van der Waals surface area contributed by atoms with Crippen molar-refractivity contribution < 1.29 is 14.7 Å². The Hall–Kier alpha value is -1.82. The number of benzene rings is 1. The second kappa shape index (κ2) is 6.76. The smallest absolute Gasteiger partial charge is 0.348 e. The molecule has 0 saturated heterocycles. The average Bonchev–Trinajstić information content (AvgIpc) is 2.83. The minimum atomic E-state index is -1.08. The second-order valence-electron chi connectivity index (χ2n) is 3.99. The molecule has 0 atom stereocenters. The molecule has 0 aliphatic heterocycles. The van der Waals surface area contributed by atoms with Gasteiger partial charge in [0.25, 0.3) is 0 Å². The normalized spacial score (nSPS) is 10.8. The SMILES string of the molecule is O=C(/C=C/c1cc(Cl)cc(Cl)c1)Nc1ccsc1C(=O)O. The molecule has 1 aromatic carbocycles. The number of halogens is 2. The zero-order valence-electron chi connectivity index (χ0n) is 10.5. The van der Waals surface area contributed by atoms with Gasteiger partial charge in [0.05, 0.1) is 5.69 Å². The Morgan fingerprint density at radius 3 is 2.48 bits per heavy atom. The van der Waals surface area contributed by atoms with Crippen LogP contribution < -0.4 is 5.32 Å². The van der Waals surface area contributed by atoms with E-state index in [-0.39, 0.29) is 10.6 Å². The predicted octanol–water partition coefficient (Wildman–Crippen LogP) is 4.41. The zero-order valence-corrected chi connectivity index (χ0v) is 12.8. The van der Waals surface area contributed by atoms with Gasteiger partial charge in [-0.2, -0.15) is 0 Å². The Morgan fingerprint density at radius 2 is 1.86 bits per heavy atom. The van der Waals surface area contributed by atoms with Crippen molar-refractivity contribution in [3.63, 3.8) is 0 Å². The number of anilines is 1. The Balaban J connectivity index is 2.09. The molecule has 0 aliphatic carbocycles. The van der Waals surface area contributed by atoms with Gasteiger partial charge in [-0.3, -0.25) is 4.79 Å². The lowest BCUT2D eigenvalue weighted by Gasteiger charge is -2.01. The third-order valence-corrected chi connectivity index (χ3v) is 3.77. The number of carboxylic acids is 1. The highest BCUT2D eigenvalue weighted by molar-refractivity contribution is 7.12. The van der Waals surface area contributed by atoms with Crippen LogP contribution in [-0.4, -0.2) is 17.0 Å². The molecule has 0 unspecified atom stereocenters. The molecule has 1 aromatic heterocycles. The summed E-state index contributed by atoms with van der Waals surface area (Å²) in [5.74, 6) is -1.52. The molecular formula is C14H9Cl2NO3S. The average molecular weight is 342 g/mol. The molecule has 0 fully saturated rings. The summed E-state index contributed by atoms with van der Waals surface area (Å²) in [6, 6.07) is 6.44. The Morgan fingerprint density at radius 1 is 1.19 bits per heavy atom. The van der Waals surface area contributed by atoms with E-state index in [0.29, 0.717) is 15.6 Å². The Bertz CT molecular complexity index is 705. The highest BCUT2D eigenvalue weighted by atomic mass is 35.5. The first-order valence-electron chi connectivity index (χ1n) is 5.71. The topological polar surface area (TPSA) is 66.4 Å². The van der Waals surface area contributed by atoms with Crippen molar-refractivity contribution in [2.75, 3.05) is 5.32 Å². The number of nitrogens with one attached hydrogen (secondary N) is 1. The van der Waals surface area contributed by atoms with Gasteiger partial charge in [-0.05, 0) is 41.3 Å². The quantitative estimate of drug-likeness (QED) is 0.809. The number of carbonyl (C=O) groups is 2. The van der Waals surface area contributed by atoms with Crippen LogP contribution in [0.5, 0.6) is 0 Å². The lowest BCUT2D eigenvalue weighted by atomic mass is 10.2. The van der Waals surface area contributed by atoms with E-state index in [4.69, 9.17) is 28.3 Å². The maximum atomic E-state index is 11.8. The van der Waals surface area contributed by atoms with Gasteiger partial charge in [0.15, 0.2) is 0 Å². The van der Waals surface area contributed by atoms with E-state index < -0.39 is 11.9 Å². The van der Waals surface area contributed by atoms with Gasteiger partial charge in [0.1, 0.15) is 4.88 Å². The molecule has 0 spiro atoms. The highest BCUT2D eigenvalue weighted by Crippen LogP contribution is 2.22. The molecule has 0 saturated carbocycles. The minimum Gasteiger partial charge on any atom is -0.477 e. The van der Waals surface area contributed by atoms with Gasteiger partial charge in [0.2, 0.25) is 5.91 Å². The largest absolute Gasteiger partial charge is 0.477 e. The van der Waals surface area contributed by atoms with Gasteiger partial charge < -0.3 is 10.4 Å². The molecule has 0 radical (unpaired) electrons. The van der Waals surface area contributed by atoms with E-state index in [0.717, 1.165) is 11.3 Å². The summed E-state index contributed by atoms with van der Waals surface area (Å²) in [6.07, 6.45) is 2.82. The molecule has 21 heavy (non-hydrogen) atoms. The first-order chi connectivity index (χ1) is 9.95. The molecule has 2 aromatic rings. The number of hydrogen-bond acceptors (Lipinski definition) is 3. The van der Waals surface area contributed by atoms with Gasteiger partial charge in [-0.15, -0.1) is 11.3 Å². The molecule has 2 rings (SSSR count). The summed E-state index contributed by atoms with van der Waals surface area (Å²) >= 11 is 12.8. The van der Waals surface area contributed by atoms with Crippen LogP contribution in [0.1, 0.15) is 15.2 Å². The van der Waals surface area contributed by atoms with E-state index in [1.165, 1.54) is 12.1 Å². The van der Waals surface area contributed by atoms with E-state index in [1.54, 1.807) is 29.7 Å². The minimum absolute atomic E-state index is 0.0857. The van der Waals surface area contributed by atoms with Crippen molar-refractivity contribution in [2.24, 2.45) is 0 Å². The fourth-order valence-electron chi connectivity index (χ4n) is 1.59. The predicted molar refractivity (Wildman–Crippen MR) is 85.4 cm³/mol. The van der Waals surface area contributed by atoms with E-state index in [9.17, 15) is 9.59 Å². The Kier molecular flexibility index (Phi) is 5.01. The van der Waals surface area contributed by atoms with E-state index >= 15 is 0 Å². The highest BCUT2D eigenvalue weighted by Gasteiger charge is 2.12. The van der Waals surface area contributed by atoms with E-state index in [2.05, 4.69) is 5.32 Å². The zero-order chi connectivity index (χ0) is 15.4. The number of carbonyl (C=O) groups excluding carboxylic acids is 1. The van der Waals surface area contributed by atoms with E-state index in [1.807, 2.05) is 0 Å². The molecular weight excluding hydrogens is 333 g/mol. The maximum absolute atomic E-state index is 11.8. The summed E-state index contributed by atoms with van der Waals surface area (Å²) in [4.78, 5) is 22.8.